The molecule has 0 aromatic heterocycles. The van der Waals surface area contributed by atoms with Crippen LogP contribution >= 0.6 is 0 Å². The Labute approximate surface area is 91.8 Å². The summed E-state index contributed by atoms with van der Waals surface area (Å²) in [4.78, 5) is 1.76. The molecule has 2 nitrogen and oxygen atoms in total. The fourth-order valence-electron chi connectivity index (χ4n) is 1.91. The van der Waals surface area contributed by atoms with Crippen molar-refractivity contribution < 1.29 is 13.2 Å². The maximum Gasteiger partial charge on any atom is 0.258 e. The van der Waals surface area contributed by atoms with Gasteiger partial charge in [0.25, 0.3) is 6.43 Å². The highest BCUT2D eigenvalue weighted by molar-refractivity contribution is 5.48. The second-order valence-electron chi connectivity index (χ2n) is 4.18. The summed E-state index contributed by atoms with van der Waals surface area (Å²) < 4.78 is 38.0. The zero-order chi connectivity index (χ0) is 11.8. The minimum absolute atomic E-state index is 0.107. The third-order valence-electron chi connectivity index (χ3n) is 2.96. The molecule has 0 aliphatic carbocycles. The molecule has 2 N–H and O–H groups in total. The molecule has 1 saturated heterocycles. The Kier molecular flexibility index (Phi) is 2.80. The van der Waals surface area contributed by atoms with Gasteiger partial charge in [-0.05, 0) is 30.7 Å². The van der Waals surface area contributed by atoms with Gasteiger partial charge < -0.3 is 10.6 Å². The van der Waals surface area contributed by atoms with Gasteiger partial charge in [0.15, 0.2) is 0 Å². The molecule has 0 saturated carbocycles. The van der Waals surface area contributed by atoms with Crippen molar-refractivity contribution in [3.8, 4) is 0 Å². The molecule has 1 fully saturated rings. The molecular weight excluding hydrogens is 217 g/mol. The predicted molar refractivity (Wildman–Crippen MR) is 56.2 cm³/mol. The molecule has 1 aliphatic rings. The van der Waals surface area contributed by atoms with Gasteiger partial charge in [-0.3, -0.25) is 0 Å². The molecule has 0 bridgehead atoms. The van der Waals surface area contributed by atoms with Crippen LogP contribution in [0.2, 0.25) is 0 Å². The molecular formula is C11H13F3N2. The summed E-state index contributed by atoms with van der Waals surface area (Å²) in [6.45, 7) is 0.586. The number of rotatable bonds is 2. The van der Waals surface area contributed by atoms with Crippen molar-refractivity contribution in [2.45, 2.75) is 18.4 Å². The van der Waals surface area contributed by atoms with E-state index in [1.807, 2.05) is 0 Å². The van der Waals surface area contributed by atoms with Crippen molar-refractivity contribution in [2.75, 3.05) is 18.0 Å². The minimum Gasteiger partial charge on any atom is -0.369 e. The Morgan fingerprint density at radius 3 is 2.38 bits per heavy atom. The minimum atomic E-state index is -2.53. The third kappa shape index (κ3) is 2.00. The van der Waals surface area contributed by atoms with Gasteiger partial charge in [-0.15, -0.1) is 0 Å². The number of benzene rings is 1. The van der Waals surface area contributed by atoms with Crippen LogP contribution in [0.1, 0.15) is 6.42 Å². The number of nitrogens with zero attached hydrogens (tertiary/aromatic N) is 1. The molecule has 5 heteroatoms. The lowest BCUT2D eigenvalue weighted by atomic mass is 10.0. The van der Waals surface area contributed by atoms with Crippen LogP contribution < -0.4 is 10.6 Å². The molecule has 2 rings (SSSR count). The topological polar surface area (TPSA) is 29.3 Å². The van der Waals surface area contributed by atoms with Crippen LogP contribution in [0.3, 0.4) is 0 Å². The third-order valence-corrected chi connectivity index (χ3v) is 2.96. The van der Waals surface area contributed by atoms with E-state index in [4.69, 9.17) is 5.73 Å². The fourth-order valence-corrected chi connectivity index (χ4v) is 1.91. The normalized spacial score (nSPS) is 25.4. The van der Waals surface area contributed by atoms with Crippen LogP contribution in [0.4, 0.5) is 18.9 Å². The smallest absolute Gasteiger partial charge is 0.258 e. The standard InChI is InChI=1S/C11H13F3N2/c12-8-1-3-9(4-2-8)16-6-5-11(15,7-16)10(13)14/h1-4,10H,5-7,15H2. The van der Waals surface area contributed by atoms with Crippen LogP contribution in [0.5, 0.6) is 0 Å². The average molecular weight is 230 g/mol. The Balaban J connectivity index is 2.12. The van der Waals surface area contributed by atoms with Gasteiger partial charge in [0, 0.05) is 18.8 Å². The largest absolute Gasteiger partial charge is 0.369 e. The molecule has 16 heavy (non-hydrogen) atoms. The van der Waals surface area contributed by atoms with E-state index in [1.54, 1.807) is 17.0 Å². The summed E-state index contributed by atoms with van der Waals surface area (Å²) in [6.07, 6.45) is -2.28. The van der Waals surface area contributed by atoms with Gasteiger partial charge in [-0.2, -0.15) is 0 Å². The summed E-state index contributed by atoms with van der Waals surface area (Å²) >= 11 is 0. The first-order valence-corrected chi connectivity index (χ1v) is 5.09. The summed E-state index contributed by atoms with van der Waals surface area (Å²) in [5.74, 6) is -0.337. The van der Waals surface area contributed by atoms with Gasteiger partial charge >= 0.3 is 0 Å². The van der Waals surface area contributed by atoms with Gasteiger partial charge in [0.05, 0.1) is 5.54 Å². The van der Waals surface area contributed by atoms with Crippen molar-refractivity contribution in [1.29, 1.82) is 0 Å². The number of nitrogens with two attached hydrogens (primary N) is 1. The Morgan fingerprint density at radius 1 is 1.25 bits per heavy atom. The van der Waals surface area contributed by atoms with Crippen LogP contribution in [-0.4, -0.2) is 25.1 Å². The second-order valence-corrected chi connectivity index (χ2v) is 4.18. The summed E-state index contributed by atoms with van der Waals surface area (Å²) in [5.41, 5.74) is 4.89. The number of halogens is 3. The van der Waals surface area contributed by atoms with Crippen molar-refractivity contribution in [2.24, 2.45) is 5.73 Å². The van der Waals surface area contributed by atoms with E-state index in [1.165, 1.54) is 12.1 Å². The zero-order valence-electron chi connectivity index (χ0n) is 8.67. The number of anilines is 1. The molecule has 1 aromatic carbocycles. The Hall–Kier alpha value is -1.23. The number of hydrogen-bond donors (Lipinski definition) is 1. The molecule has 1 heterocycles. The SMILES string of the molecule is NC1(C(F)F)CCN(c2ccc(F)cc2)C1. The van der Waals surface area contributed by atoms with E-state index in [2.05, 4.69) is 0 Å². The van der Waals surface area contributed by atoms with E-state index < -0.39 is 12.0 Å². The Morgan fingerprint density at radius 2 is 1.88 bits per heavy atom. The molecule has 1 aliphatic heterocycles. The summed E-state index contributed by atoms with van der Waals surface area (Å²) in [6, 6.07) is 5.78. The van der Waals surface area contributed by atoms with Crippen molar-refractivity contribution in [3.63, 3.8) is 0 Å². The van der Waals surface area contributed by atoms with E-state index >= 15 is 0 Å². The molecule has 0 radical (unpaired) electrons. The van der Waals surface area contributed by atoms with Crippen molar-refractivity contribution >= 4 is 5.69 Å². The van der Waals surface area contributed by atoms with Gasteiger partial charge in [-0.1, -0.05) is 0 Å². The second kappa shape index (κ2) is 3.97. The van der Waals surface area contributed by atoms with E-state index in [-0.39, 0.29) is 18.8 Å². The first-order chi connectivity index (χ1) is 7.51. The van der Waals surface area contributed by atoms with E-state index in [9.17, 15) is 13.2 Å². The molecule has 88 valence electrons. The lowest BCUT2D eigenvalue weighted by molar-refractivity contribution is 0.0655. The quantitative estimate of drug-likeness (QED) is 0.842. The van der Waals surface area contributed by atoms with E-state index in [0.29, 0.717) is 6.54 Å². The highest BCUT2D eigenvalue weighted by Gasteiger charge is 2.42. The molecule has 1 atom stereocenters. The van der Waals surface area contributed by atoms with Crippen LogP contribution in [-0.2, 0) is 0 Å². The van der Waals surface area contributed by atoms with Gasteiger partial charge in [0.2, 0.25) is 0 Å². The van der Waals surface area contributed by atoms with Crippen LogP contribution in [0, 0.1) is 5.82 Å². The maximum absolute atomic E-state index is 12.7. The lowest BCUT2D eigenvalue weighted by Gasteiger charge is -2.24. The van der Waals surface area contributed by atoms with Gasteiger partial charge in [0.1, 0.15) is 5.82 Å². The fraction of sp³-hybridized carbons (Fsp3) is 0.455. The highest BCUT2D eigenvalue weighted by Crippen LogP contribution is 2.29. The number of hydrogen-bond acceptors (Lipinski definition) is 2. The van der Waals surface area contributed by atoms with Crippen molar-refractivity contribution in [3.05, 3.63) is 30.1 Å². The van der Waals surface area contributed by atoms with E-state index in [0.717, 1.165) is 5.69 Å². The van der Waals surface area contributed by atoms with Crippen molar-refractivity contribution in [1.82, 2.24) is 0 Å². The van der Waals surface area contributed by atoms with Crippen LogP contribution in [0.25, 0.3) is 0 Å². The molecule has 0 amide bonds. The summed E-state index contributed by atoms with van der Waals surface area (Å²) in [7, 11) is 0. The zero-order valence-corrected chi connectivity index (χ0v) is 8.67. The molecule has 1 unspecified atom stereocenters. The van der Waals surface area contributed by atoms with Gasteiger partial charge in [-0.25, -0.2) is 13.2 Å². The monoisotopic (exact) mass is 230 g/mol. The Bertz CT molecular complexity index is 366. The average Bonchev–Trinajstić information content (AvgIpc) is 2.63. The summed E-state index contributed by atoms with van der Waals surface area (Å²) in [5, 5.41) is 0. The molecule has 1 aromatic rings. The lowest BCUT2D eigenvalue weighted by Crippen LogP contribution is -2.49. The first kappa shape index (κ1) is 11.3. The maximum atomic E-state index is 12.7. The van der Waals surface area contributed by atoms with Crippen LogP contribution in [0.15, 0.2) is 24.3 Å². The predicted octanol–water partition coefficient (Wildman–Crippen LogP) is 2.00. The first-order valence-electron chi connectivity index (χ1n) is 5.09. The highest BCUT2D eigenvalue weighted by atomic mass is 19.3. The molecule has 0 spiro atoms. The number of alkyl halides is 2.